The molecular formula is C62H96N4O18. The van der Waals surface area contributed by atoms with Crippen LogP contribution in [0.15, 0.2) is 30.3 Å². The first-order chi connectivity index (χ1) is 39.8. The molecule has 4 amide bonds. The highest BCUT2D eigenvalue weighted by Gasteiger charge is 2.52. The third-order valence-corrected chi connectivity index (χ3v) is 14.0. The first-order valence-corrected chi connectivity index (χ1v) is 30.2. The summed E-state index contributed by atoms with van der Waals surface area (Å²) >= 11 is 0. The van der Waals surface area contributed by atoms with Gasteiger partial charge in [-0.25, -0.2) is 14.4 Å². The lowest BCUT2D eigenvalue weighted by Gasteiger charge is -2.23. The second-order valence-corrected chi connectivity index (χ2v) is 23.9. The summed E-state index contributed by atoms with van der Waals surface area (Å²) in [4.78, 5) is 142. The van der Waals surface area contributed by atoms with Gasteiger partial charge in [0.1, 0.15) is 61.3 Å². The Morgan fingerprint density at radius 1 is 0.512 bits per heavy atom. The van der Waals surface area contributed by atoms with E-state index in [1.807, 2.05) is 48.5 Å². The molecule has 0 aromatic heterocycles. The molecule has 2 heterocycles. The highest BCUT2D eigenvalue weighted by Crippen LogP contribution is 2.32. The van der Waals surface area contributed by atoms with Crippen molar-refractivity contribution in [1.29, 1.82) is 0 Å². The molecule has 0 bridgehead atoms. The molecule has 2 aliphatic rings. The maximum absolute atomic E-state index is 13.7. The number of amides is 4. The summed E-state index contributed by atoms with van der Waals surface area (Å²) in [6.45, 7) is 19.1. The summed E-state index contributed by atoms with van der Waals surface area (Å²) in [7, 11) is 0. The van der Waals surface area contributed by atoms with Crippen molar-refractivity contribution < 1.29 is 85.9 Å². The molecule has 84 heavy (non-hydrogen) atoms. The predicted octanol–water partition coefficient (Wildman–Crippen LogP) is 6.28. The number of benzene rings is 1. The van der Waals surface area contributed by atoms with Gasteiger partial charge in [0.25, 0.3) is 0 Å². The van der Waals surface area contributed by atoms with Gasteiger partial charge < -0.3 is 54.4 Å². The van der Waals surface area contributed by atoms with Gasteiger partial charge in [-0.15, -0.1) is 0 Å². The highest BCUT2D eigenvalue weighted by molar-refractivity contribution is 6.00. The van der Waals surface area contributed by atoms with Gasteiger partial charge in [-0.3, -0.25) is 38.4 Å². The number of carbonyl (C=O) groups is 11. The van der Waals surface area contributed by atoms with Gasteiger partial charge in [0.2, 0.25) is 23.6 Å². The molecule has 22 heteroatoms. The van der Waals surface area contributed by atoms with Gasteiger partial charge in [-0.2, -0.15) is 0 Å². The first kappa shape index (κ1) is 72.0. The number of nitrogens with one attached hydrogen (secondary N) is 4. The highest BCUT2D eigenvalue weighted by atomic mass is 16.7. The molecule has 2 saturated heterocycles. The quantitative estimate of drug-likeness (QED) is 0.0242. The lowest BCUT2D eigenvalue weighted by molar-refractivity contribution is -0.161. The molecular weight excluding hydrogens is 1090 g/mol. The van der Waals surface area contributed by atoms with Crippen LogP contribution in [0.25, 0.3) is 0 Å². The van der Waals surface area contributed by atoms with Crippen LogP contribution < -0.4 is 21.3 Å². The molecule has 9 atom stereocenters. The van der Waals surface area contributed by atoms with Gasteiger partial charge in [-0.1, -0.05) is 92.6 Å². The van der Waals surface area contributed by atoms with Crippen molar-refractivity contribution in [3.8, 4) is 0 Å². The van der Waals surface area contributed by atoms with E-state index in [0.717, 1.165) is 25.7 Å². The van der Waals surface area contributed by atoms with Crippen LogP contribution in [-0.4, -0.2) is 141 Å². The molecule has 0 saturated carbocycles. The van der Waals surface area contributed by atoms with E-state index in [0.29, 0.717) is 56.6 Å². The number of Topliss-reactive ketones (excluding diaryl/α,β-unsaturated/α-hetero) is 2. The second kappa shape index (κ2) is 38.6. The number of carbonyl (C=O) groups excluding carboxylic acids is 11. The van der Waals surface area contributed by atoms with Crippen LogP contribution in [0.3, 0.4) is 0 Å². The van der Waals surface area contributed by atoms with Crippen molar-refractivity contribution in [2.75, 3.05) is 33.0 Å². The average Bonchev–Trinajstić information content (AvgIpc) is 3.40. The fraction of sp³-hybridized carbons (Fsp3) is 0.726. The van der Waals surface area contributed by atoms with Crippen LogP contribution in [0.2, 0.25) is 0 Å². The Bertz CT molecular complexity index is 2290. The topological polar surface area (TPSA) is 300 Å². The molecule has 3 rings (SSSR count). The van der Waals surface area contributed by atoms with E-state index in [9.17, 15) is 52.7 Å². The Morgan fingerprint density at radius 3 is 1.51 bits per heavy atom. The zero-order chi connectivity index (χ0) is 62.3. The maximum atomic E-state index is 13.7. The van der Waals surface area contributed by atoms with Crippen LogP contribution in [-0.2, 0) is 92.5 Å². The number of hydrogen-bond acceptors (Lipinski definition) is 18. The summed E-state index contributed by atoms with van der Waals surface area (Å²) in [5.74, 6) is -7.00. The standard InChI is InChI=1S/C62H96N4O18/c1-11-44(27-38(2)3)58(73)78-25-19-12-13-20-26-79-61(76)48(29-40(6)7)65-53(70)33-52(69)63-24-18-17-23-47(60(75)82-35-43-21-15-14-16-22-43)64-54(71)34-55(72)66-49(30-41(8)9)62(77)84-51-37-81-56-50(36-80-57(51)56)83-59(74)45(28-39(4)5)32-46(68)31-42(10)67/h14-16,21-22,38-41,44-45,47-51,56-57H,11-13,17-20,23-37H2,1-10H3,(H,63,69)(H,64,71)(H,65,70)(H,66,72). The summed E-state index contributed by atoms with van der Waals surface area (Å²) in [6.07, 6.45) is 0.756. The van der Waals surface area contributed by atoms with Gasteiger partial charge >= 0.3 is 29.8 Å². The molecule has 22 nitrogen and oxygen atoms in total. The molecule has 9 unspecified atom stereocenters. The molecule has 0 radical (unpaired) electrons. The van der Waals surface area contributed by atoms with Gasteiger partial charge in [-0.05, 0) is 113 Å². The van der Waals surface area contributed by atoms with Crippen molar-refractivity contribution in [3.63, 3.8) is 0 Å². The van der Waals surface area contributed by atoms with Crippen molar-refractivity contribution in [2.24, 2.45) is 35.5 Å². The third-order valence-electron chi connectivity index (χ3n) is 14.0. The minimum atomic E-state index is -1.20. The minimum Gasteiger partial charge on any atom is -0.465 e. The summed E-state index contributed by atoms with van der Waals surface area (Å²) in [6, 6.07) is 5.54. The molecule has 0 aliphatic carbocycles. The Hall–Kier alpha value is -6.29. The third kappa shape index (κ3) is 28.5. The molecule has 472 valence electrons. The van der Waals surface area contributed by atoms with Crippen molar-refractivity contribution in [3.05, 3.63) is 35.9 Å². The monoisotopic (exact) mass is 1180 g/mol. The van der Waals surface area contributed by atoms with E-state index < -0.39 is 109 Å². The van der Waals surface area contributed by atoms with Crippen LogP contribution in [0, 0.1) is 35.5 Å². The summed E-state index contributed by atoms with van der Waals surface area (Å²) in [5, 5.41) is 10.5. The van der Waals surface area contributed by atoms with E-state index in [1.54, 1.807) is 30.3 Å². The first-order valence-electron chi connectivity index (χ1n) is 30.2. The zero-order valence-electron chi connectivity index (χ0n) is 51.3. The van der Waals surface area contributed by atoms with Crippen molar-refractivity contribution in [1.82, 2.24) is 21.3 Å². The van der Waals surface area contributed by atoms with Crippen molar-refractivity contribution in [2.45, 2.75) is 221 Å². The number of ether oxygens (including phenoxy) is 7. The fourth-order valence-electron chi connectivity index (χ4n) is 9.93. The van der Waals surface area contributed by atoms with Crippen LogP contribution in [0.1, 0.15) is 178 Å². The minimum absolute atomic E-state index is 0.0303. The predicted molar refractivity (Wildman–Crippen MR) is 308 cm³/mol. The lowest BCUT2D eigenvalue weighted by atomic mass is 9.91. The van der Waals surface area contributed by atoms with Crippen LogP contribution >= 0.6 is 0 Å². The Balaban J connectivity index is 1.49. The SMILES string of the molecule is CCC(CC(C)C)C(=O)OCCCCCCOC(=O)C(CC(C)C)NC(=O)CC(=O)NCCCCC(NC(=O)CC(=O)NC(CC(C)C)C(=O)OC1COC2C(OC(=O)C(CC(=O)CC(C)=O)CC(C)C)COC12)C(=O)OCc1ccccc1. The number of fused-ring (bicyclic) bond motifs is 1. The molecule has 4 N–H and O–H groups in total. The van der Waals surface area contributed by atoms with Crippen molar-refractivity contribution >= 4 is 65.0 Å². The number of hydrogen-bond donors (Lipinski definition) is 4. The second-order valence-electron chi connectivity index (χ2n) is 23.9. The van der Waals surface area contributed by atoms with E-state index in [-0.39, 0.29) is 99.9 Å². The smallest absolute Gasteiger partial charge is 0.329 e. The zero-order valence-corrected chi connectivity index (χ0v) is 51.3. The largest absolute Gasteiger partial charge is 0.465 e. The number of ketones is 2. The maximum Gasteiger partial charge on any atom is 0.329 e. The lowest BCUT2D eigenvalue weighted by Crippen LogP contribution is -2.48. The van der Waals surface area contributed by atoms with E-state index in [2.05, 4.69) is 35.1 Å². The van der Waals surface area contributed by atoms with E-state index in [1.165, 1.54) is 6.92 Å². The van der Waals surface area contributed by atoms with Gasteiger partial charge in [0.05, 0.1) is 44.7 Å². The fourth-order valence-corrected chi connectivity index (χ4v) is 9.93. The molecule has 0 spiro atoms. The average molecular weight is 1190 g/mol. The Kier molecular flexibility index (Phi) is 33.1. The molecule has 2 fully saturated rings. The number of esters is 5. The van der Waals surface area contributed by atoms with E-state index in [4.69, 9.17) is 33.2 Å². The molecule has 1 aromatic carbocycles. The van der Waals surface area contributed by atoms with Gasteiger partial charge in [0.15, 0.2) is 12.2 Å². The Morgan fingerprint density at radius 2 is 0.988 bits per heavy atom. The summed E-state index contributed by atoms with van der Waals surface area (Å²) < 4.78 is 39.9. The van der Waals surface area contributed by atoms with Crippen LogP contribution in [0.5, 0.6) is 0 Å². The van der Waals surface area contributed by atoms with Gasteiger partial charge in [0, 0.05) is 13.0 Å². The summed E-state index contributed by atoms with van der Waals surface area (Å²) in [5.41, 5.74) is 0.698. The van der Waals surface area contributed by atoms with E-state index >= 15 is 0 Å². The molecule has 1 aromatic rings. The number of rotatable bonds is 41. The normalized spacial score (nSPS) is 18.2. The Labute approximate surface area is 496 Å². The van der Waals surface area contributed by atoms with Crippen LogP contribution in [0.4, 0.5) is 0 Å². The molecule has 2 aliphatic heterocycles. The number of unbranched alkanes of at least 4 members (excludes halogenated alkanes) is 4.